The average Bonchev–Trinajstić information content (AvgIpc) is 2.66. The maximum atomic E-state index is 12.4. The van der Waals surface area contributed by atoms with E-state index < -0.39 is 11.9 Å². The topological polar surface area (TPSA) is 90.2 Å². The van der Waals surface area contributed by atoms with Gasteiger partial charge in [-0.1, -0.05) is 48.5 Å². The molecular formula is C21H14N2O3. The summed E-state index contributed by atoms with van der Waals surface area (Å²) in [5.74, 6) is -1.81. The van der Waals surface area contributed by atoms with Crippen LogP contribution < -0.4 is 5.32 Å². The molecule has 0 unspecified atom stereocenters. The van der Waals surface area contributed by atoms with Gasteiger partial charge < -0.3 is 10.4 Å². The summed E-state index contributed by atoms with van der Waals surface area (Å²) in [6.07, 6.45) is 1.48. The summed E-state index contributed by atoms with van der Waals surface area (Å²) in [5.41, 5.74) is 0.705. The maximum absolute atomic E-state index is 12.4. The number of benzene rings is 3. The number of carbonyl (C=O) groups excluding carboxylic acids is 1. The van der Waals surface area contributed by atoms with E-state index in [9.17, 15) is 20.0 Å². The summed E-state index contributed by atoms with van der Waals surface area (Å²) in [4.78, 5) is 23.6. The highest BCUT2D eigenvalue weighted by Gasteiger charge is 2.14. The predicted molar refractivity (Wildman–Crippen MR) is 99.6 cm³/mol. The Labute approximate surface area is 149 Å². The van der Waals surface area contributed by atoms with Crippen molar-refractivity contribution in [2.24, 2.45) is 0 Å². The van der Waals surface area contributed by atoms with E-state index in [2.05, 4.69) is 5.32 Å². The summed E-state index contributed by atoms with van der Waals surface area (Å²) >= 11 is 0. The minimum Gasteiger partial charge on any atom is -0.478 e. The minimum atomic E-state index is -1.15. The highest BCUT2D eigenvalue weighted by molar-refractivity contribution is 6.12. The molecule has 0 aliphatic carbocycles. The Morgan fingerprint density at radius 2 is 1.65 bits per heavy atom. The summed E-state index contributed by atoms with van der Waals surface area (Å²) in [6, 6.07) is 21.3. The van der Waals surface area contributed by atoms with Crippen LogP contribution in [0.25, 0.3) is 16.8 Å². The van der Waals surface area contributed by atoms with Gasteiger partial charge in [0.15, 0.2) is 0 Å². The van der Waals surface area contributed by atoms with Crippen LogP contribution in [0.5, 0.6) is 0 Å². The van der Waals surface area contributed by atoms with Crippen molar-refractivity contribution in [2.45, 2.75) is 0 Å². The molecule has 2 N–H and O–H groups in total. The highest BCUT2D eigenvalue weighted by atomic mass is 16.4. The number of carboxylic acid groups (broad SMARTS) is 1. The fraction of sp³-hybridized carbons (Fsp3) is 0. The minimum absolute atomic E-state index is 0.0381. The van der Waals surface area contributed by atoms with Gasteiger partial charge in [0.25, 0.3) is 5.91 Å². The summed E-state index contributed by atoms with van der Waals surface area (Å²) in [5, 5.41) is 23.1. The largest absolute Gasteiger partial charge is 0.478 e. The molecule has 0 aromatic heterocycles. The first-order valence-corrected chi connectivity index (χ1v) is 7.83. The predicted octanol–water partition coefficient (Wildman–Crippen LogP) is 4.08. The van der Waals surface area contributed by atoms with Crippen LogP contribution in [0, 0.1) is 11.3 Å². The Morgan fingerprint density at radius 3 is 2.38 bits per heavy atom. The lowest BCUT2D eigenvalue weighted by atomic mass is 10.0. The van der Waals surface area contributed by atoms with Crippen molar-refractivity contribution in [3.8, 4) is 6.07 Å². The van der Waals surface area contributed by atoms with Crippen LogP contribution >= 0.6 is 0 Å². The van der Waals surface area contributed by atoms with E-state index >= 15 is 0 Å². The molecule has 0 aliphatic rings. The Kier molecular flexibility index (Phi) is 4.77. The molecule has 3 rings (SSSR count). The molecule has 0 aliphatic heterocycles. The summed E-state index contributed by atoms with van der Waals surface area (Å²) in [7, 11) is 0. The van der Waals surface area contributed by atoms with Crippen molar-refractivity contribution in [2.75, 3.05) is 5.32 Å². The second kappa shape index (κ2) is 7.32. The van der Waals surface area contributed by atoms with Crippen LogP contribution in [-0.4, -0.2) is 17.0 Å². The van der Waals surface area contributed by atoms with Crippen LogP contribution in [0.4, 0.5) is 5.69 Å². The molecule has 0 spiro atoms. The number of carboxylic acids is 1. The molecule has 0 fully saturated rings. The highest BCUT2D eigenvalue weighted by Crippen LogP contribution is 2.19. The lowest BCUT2D eigenvalue weighted by Crippen LogP contribution is -2.16. The van der Waals surface area contributed by atoms with Crippen LogP contribution in [0.2, 0.25) is 0 Å². The van der Waals surface area contributed by atoms with Crippen LogP contribution in [0.3, 0.4) is 0 Å². The molecule has 0 atom stereocenters. The third-order valence-electron chi connectivity index (χ3n) is 3.86. The number of hydrogen-bond acceptors (Lipinski definition) is 3. The quantitative estimate of drug-likeness (QED) is 0.552. The molecule has 3 aromatic carbocycles. The number of fused-ring (bicyclic) bond motifs is 1. The van der Waals surface area contributed by atoms with Crippen molar-refractivity contribution in [3.05, 3.63) is 83.4 Å². The molecule has 0 saturated carbocycles. The fourth-order valence-corrected chi connectivity index (χ4v) is 2.58. The van der Waals surface area contributed by atoms with E-state index in [4.69, 9.17) is 0 Å². The van der Waals surface area contributed by atoms with E-state index in [1.54, 1.807) is 12.1 Å². The molecule has 3 aromatic rings. The van der Waals surface area contributed by atoms with Gasteiger partial charge in [0, 0.05) is 0 Å². The lowest BCUT2D eigenvalue weighted by Gasteiger charge is -2.07. The number of anilines is 1. The lowest BCUT2D eigenvalue weighted by molar-refractivity contribution is -0.112. The third-order valence-corrected chi connectivity index (χ3v) is 3.86. The van der Waals surface area contributed by atoms with Crippen molar-refractivity contribution in [3.63, 3.8) is 0 Å². The SMILES string of the molecule is N#CC(=Cc1ccc2ccccc2c1)C(=O)Nc1ccccc1C(=O)O. The maximum Gasteiger partial charge on any atom is 0.337 e. The van der Waals surface area contributed by atoms with Crippen molar-refractivity contribution < 1.29 is 14.7 Å². The van der Waals surface area contributed by atoms with Crippen LogP contribution in [-0.2, 0) is 4.79 Å². The Balaban J connectivity index is 1.90. The molecule has 126 valence electrons. The van der Waals surface area contributed by atoms with Crippen molar-refractivity contribution in [1.82, 2.24) is 0 Å². The summed E-state index contributed by atoms with van der Waals surface area (Å²) in [6.45, 7) is 0. The Morgan fingerprint density at radius 1 is 0.962 bits per heavy atom. The smallest absolute Gasteiger partial charge is 0.337 e. The second-order valence-electron chi connectivity index (χ2n) is 5.58. The average molecular weight is 342 g/mol. The van der Waals surface area contributed by atoms with Crippen LogP contribution in [0.15, 0.2) is 72.3 Å². The fourth-order valence-electron chi connectivity index (χ4n) is 2.58. The van der Waals surface area contributed by atoms with E-state index in [0.717, 1.165) is 10.8 Å². The number of nitrogens with one attached hydrogen (secondary N) is 1. The number of hydrogen-bond donors (Lipinski definition) is 2. The van der Waals surface area contributed by atoms with Crippen LogP contribution in [0.1, 0.15) is 15.9 Å². The van der Waals surface area contributed by atoms with E-state index in [0.29, 0.717) is 5.56 Å². The second-order valence-corrected chi connectivity index (χ2v) is 5.58. The van der Waals surface area contributed by atoms with Crippen molar-refractivity contribution in [1.29, 1.82) is 5.26 Å². The number of nitriles is 1. The van der Waals surface area contributed by atoms with Gasteiger partial charge in [0.2, 0.25) is 0 Å². The van der Waals surface area contributed by atoms with Gasteiger partial charge in [-0.25, -0.2) is 4.79 Å². The number of nitrogens with zero attached hydrogens (tertiary/aromatic N) is 1. The zero-order chi connectivity index (χ0) is 18.5. The number of aromatic carboxylic acids is 1. The van der Waals surface area contributed by atoms with Gasteiger partial charge >= 0.3 is 5.97 Å². The first kappa shape index (κ1) is 16.9. The molecule has 0 saturated heterocycles. The van der Waals surface area contributed by atoms with E-state index in [1.807, 2.05) is 48.5 Å². The molecular weight excluding hydrogens is 328 g/mol. The zero-order valence-corrected chi connectivity index (χ0v) is 13.6. The number of rotatable bonds is 4. The molecule has 26 heavy (non-hydrogen) atoms. The molecule has 0 heterocycles. The molecule has 5 heteroatoms. The van der Waals surface area contributed by atoms with E-state index in [-0.39, 0.29) is 16.8 Å². The first-order valence-electron chi connectivity index (χ1n) is 7.83. The van der Waals surface area contributed by atoms with Gasteiger partial charge in [0.1, 0.15) is 11.6 Å². The molecule has 5 nitrogen and oxygen atoms in total. The van der Waals surface area contributed by atoms with Gasteiger partial charge in [-0.15, -0.1) is 0 Å². The Hall–Kier alpha value is -3.91. The molecule has 0 bridgehead atoms. The molecule has 0 radical (unpaired) electrons. The number of amides is 1. The number of para-hydroxylation sites is 1. The van der Waals surface area contributed by atoms with Gasteiger partial charge in [-0.3, -0.25) is 4.79 Å². The van der Waals surface area contributed by atoms with Gasteiger partial charge in [0.05, 0.1) is 11.3 Å². The van der Waals surface area contributed by atoms with Gasteiger partial charge in [-0.05, 0) is 40.6 Å². The third kappa shape index (κ3) is 3.60. The Bertz CT molecular complexity index is 1080. The standard InChI is InChI=1S/C21H14N2O3/c22-13-17(12-14-9-10-15-5-1-2-6-16(15)11-14)20(24)23-19-8-4-3-7-18(19)21(25)26/h1-12H,(H,23,24)(H,25,26). The zero-order valence-electron chi connectivity index (χ0n) is 13.6. The summed E-state index contributed by atoms with van der Waals surface area (Å²) < 4.78 is 0. The molecule has 1 amide bonds. The van der Waals surface area contributed by atoms with Crippen molar-refractivity contribution >= 4 is 34.4 Å². The van der Waals surface area contributed by atoms with Gasteiger partial charge in [-0.2, -0.15) is 5.26 Å². The monoisotopic (exact) mass is 342 g/mol. The first-order chi connectivity index (χ1) is 12.6. The van der Waals surface area contributed by atoms with E-state index in [1.165, 1.54) is 18.2 Å². The normalized spacial score (nSPS) is 11.0. The number of carbonyl (C=O) groups is 2.